The van der Waals surface area contributed by atoms with E-state index in [9.17, 15) is 0 Å². The highest BCUT2D eigenvalue weighted by atomic mass is 79.9. The summed E-state index contributed by atoms with van der Waals surface area (Å²) in [5.74, 6) is 1.96. The molecule has 1 saturated heterocycles. The quantitative estimate of drug-likeness (QED) is 0.852. The van der Waals surface area contributed by atoms with E-state index < -0.39 is 0 Å². The van der Waals surface area contributed by atoms with E-state index in [0.29, 0.717) is 22.7 Å². The molecule has 3 rings (SSSR count). The summed E-state index contributed by atoms with van der Waals surface area (Å²) in [6.45, 7) is 3.92. The largest absolute Gasteiger partial charge is 0.338 e. The number of nitrogens with two attached hydrogens (primary N) is 1. The van der Waals surface area contributed by atoms with E-state index in [1.807, 2.05) is 18.2 Å². The molecule has 1 fully saturated rings. The molecule has 2 aromatic rings. The van der Waals surface area contributed by atoms with Gasteiger partial charge in [0.2, 0.25) is 5.95 Å². The van der Waals surface area contributed by atoms with Crippen molar-refractivity contribution in [1.82, 2.24) is 15.2 Å². The second-order valence-electron chi connectivity index (χ2n) is 5.49. The maximum absolute atomic E-state index is 6.13. The van der Waals surface area contributed by atoms with Crippen molar-refractivity contribution in [3.8, 4) is 11.4 Å². The van der Waals surface area contributed by atoms with Gasteiger partial charge in [-0.2, -0.15) is 4.98 Å². The Morgan fingerprint density at radius 3 is 3.00 bits per heavy atom. The van der Waals surface area contributed by atoms with E-state index in [1.165, 1.54) is 0 Å². The lowest BCUT2D eigenvalue weighted by Crippen LogP contribution is -2.48. The molecule has 112 valence electrons. The number of nitrogens with one attached hydrogen (secondary N) is 1. The van der Waals surface area contributed by atoms with Crippen LogP contribution in [-0.4, -0.2) is 34.3 Å². The number of nitrogens with zero attached hydrogens (tertiary/aromatic N) is 3. The fraction of sp³-hybridized carbons (Fsp3) is 0.429. The third kappa shape index (κ3) is 3.07. The Labute approximate surface area is 137 Å². The van der Waals surface area contributed by atoms with Crippen LogP contribution in [-0.2, 0) is 0 Å². The summed E-state index contributed by atoms with van der Waals surface area (Å²) in [5.41, 5.74) is 7.04. The SMILES string of the molecule is CC1CCN(c2n[nH]c(-c3ccc(Br)c(Cl)c3)n2)CC1N. The first-order chi connectivity index (χ1) is 10.0. The van der Waals surface area contributed by atoms with E-state index in [2.05, 4.69) is 42.9 Å². The molecule has 0 bridgehead atoms. The van der Waals surface area contributed by atoms with Gasteiger partial charge in [0.1, 0.15) is 0 Å². The van der Waals surface area contributed by atoms with Crippen LogP contribution >= 0.6 is 27.5 Å². The molecule has 21 heavy (non-hydrogen) atoms. The number of benzene rings is 1. The van der Waals surface area contributed by atoms with Crippen molar-refractivity contribution in [3.05, 3.63) is 27.7 Å². The van der Waals surface area contributed by atoms with Crippen molar-refractivity contribution in [3.63, 3.8) is 0 Å². The average Bonchev–Trinajstić information content (AvgIpc) is 2.94. The molecular weight excluding hydrogens is 354 g/mol. The second-order valence-corrected chi connectivity index (χ2v) is 6.75. The van der Waals surface area contributed by atoms with Gasteiger partial charge in [-0.05, 0) is 46.5 Å². The lowest BCUT2D eigenvalue weighted by molar-refractivity contribution is 0.376. The van der Waals surface area contributed by atoms with E-state index in [1.54, 1.807) is 0 Å². The van der Waals surface area contributed by atoms with Crippen LogP contribution in [0.5, 0.6) is 0 Å². The third-order valence-electron chi connectivity index (χ3n) is 3.97. The number of aromatic nitrogens is 3. The van der Waals surface area contributed by atoms with E-state index in [4.69, 9.17) is 17.3 Å². The maximum atomic E-state index is 6.13. The number of rotatable bonds is 2. The summed E-state index contributed by atoms with van der Waals surface area (Å²) < 4.78 is 0.864. The minimum Gasteiger partial charge on any atom is -0.338 e. The average molecular weight is 371 g/mol. The van der Waals surface area contributed by atoms with Gasteiger partial charge in [0.05, 0.1) is 5.02 Å². The number of H-pyrrole nitrogens is 1. The molecular formula is C14H17BrClN5. The van der Waals surface area contributed by atoms with Gasteiger partial charge in [-0.15, -0.1) is 5.10 Å². The smallest absolute Gasteiger partial charge is 0.245 e. The molecule has 2 atom stereocenters. The zero-order chi connectivity index (χ0) is 15.0. The molecule has 2 heterocycles. The van der Waals surface area contributed by atoms with Gasteiger partial charge in [-0.1, -0.05) is 18.5 Å². The highest BCUT2D eigenvalue weighted by Gasteiger charge is 2.25. The number of anilines is 1. The summed E-state index contributed by atoms with van der Waals surface area (Å²) in [4.78, 5) is 6.69. The lowest BCUT2D eigenvalue weighted by Gasteiger charge is -2.34. The summed E-state index contributed by atoms with van der Waals surface area (Å²) in [5, 5.41) is 7.93. The normalized spacial score (nSPS) is 22.6. The number of hydrogen-bond acceptors (Lipinski definition) is 4. The van der Waals surface area contributed by atoms with Gasteiger partial charge in [0.15, 0.2) is 5.82 Å². The predicted octanol–water partition coefficient (Wildman–Crippen LogP) is 3.06. The summed E-state index contributed by atoms with van der Waals surface area (Å²) in [6.07, 6.45) is 1.06. The highest BCUT2D eigenvalue weighted by molar-refractivity contribution is 9.10. The molecule has 1 aliphatic rings. The molecule has 2 unspecified atom stereocenters. The molecule has 0 radical (unpaired) electrons. The first kappa shape index (κ1) is 14.8. The van der Waals surface area contributed by atoms with Crippen LogP contribution in [0.25, 0.3) is 11.4 Å². The Balaban J connectivity index is 1.81. The fourth-order valence-electron chi connectivity index (χ4n) is 2.45. The predicted molar refractivity (Wildman–Crippen MR) is 88.5 cm³/mol. The van der Waals surface area contributed by atoms with Crippen LogP contribution in [0, 0.1) is 5.92 Å². The van der Waals surface area contributed by atoms with Crippen molar-refractivity contribution in [2.24, 2.45) is 11.7 Å². The lowest BCUT2D eigenvalue weighted by atomic mass is 9.95. The molecule has 3 N–H and O–H groups in total. The Kier molecular flexibility index (Phi) is 4.19. The van der Waals surface area contributed by atoms with Gasteiger partial charge in [0, 0.05) is 29.2 Å². The van der Waals surface area contributed by atoms with Crippen molar-refractivity contribution in [2.75, 3.05) is 18.0 Å². The summed E-state index contributed by atoms with van der Waals surface area (Å²) >= 11 is 9.50. The van der Waals surface area contributed by atoms with Crippen LogP contribution in [0.15, 0.2) is 22.7 Å². The molecule has 0 saturated carbocycles. The minimum absolute atomic E-state index is 0.169. The Morgan fingerprint density at radius 1 is 1.48 bits per heavy atom. The molecule has 0 aliphatic carbocycles. The third-order valence-corrected chi connectivity index (χ3v) is 5.20. The molecule has 0 spiro atoms. The molecule has 1 aromatic carbocycles. The zero-order valence-electron chi connectivity index (χ0n) is 11.7. The number of halogens is 2. The van der Waals surface area contributed by atoms with Crippen LogP contribution < -0.4 is 10.6 Å². The fourth-order valence-corrected chi connectivity index (χ4v) is 2.87. The Hall–Kier alpha value is -1.11. The van der Waals surface area contributed by atoms with Crippen LogP contribution in [0.3, 0.4) is 0 Å². The summed E-state index contributed by atoms with van der Waals surface area (Å²) in [7, 11) is 0. The van der Waals surface area contributed by atoms with Gasteiger partial charge in [-0.25, -0.2) is 0 Å². The monoisotopic (exact) mass is 369 g/mol. The van der Waals surface area contributed by atoms with Crippen molar-refractivity contribution in [2.45, 2.75) is 19.4 Å². The van der Waals surface area contributed by atoms with Gasteiger partial charge in [-0.3, -0.25) is 5.10 Å². The minimum atomic E-state index is 0.169. The molecule has 1 aromatic heterocycles. The molecule has 0 amide bonds. The maximum Gasteiger partial charge on any atom is 0.245 e. The first-order valence-electron chi connectivity index (χ1n) is 6.93. The second kappa shape index (κ2) is 5.94. The van der Waals surface area contributed by atoms with E-state index >= 15 is 0 Å². The van der Waals surface area contributed by atoms with Crippen molar-refractivity contribution < 1.29 is 0 Å². The van der Waals surface area contributed by atoms with Crippen molar-refractivity contribution >= 4 is 33.5 Å². The number of aromatic amines is 1. The number of piperidine rings is 1. The van der Waals surface area contributed by atoms with Gasteiger partial charge < -0.3 is 10.6 Å². The molecule has 1 aliphatic heterocycles. The van der Waals surface area contributed by atoms with Crippen LogP contribution in [0.1, 0.15) is 13.3 Å². The van der Waals surface area contributed by atoms with Crippen molar-refractivity contribution in [1.29, 1.82) is 0 Å². The van der Waals surface area contributed by atoms with E-state index in [-0.39, 0.29) is 6.04 Å². The first-order valence-corrected chi connectivity index (χ1v) is 8.10. The zero-order valence-corrected chi connectivity index (χ0v) is 14.0. The molecule has 7 heteroatoms. The van der Waals surface area contributed by atoms with E-state index in [0.717, 1.165) is 29.5 Å². The topological polar surface area (TPSA) is 70.8 Å². The Morgan fingerprint density at radius 2 is 2.29 bits per heavy atom. The van der Waals surface area contributed by atoms with Crippen LogP contribution in [0.2, 0.25) is 5.02 Å². The molecule has 5 nitrogen and oxygen atoms in total. The van der Waals surface area contributed by atoms with Crippen LogP contribution in [0.4, 0.5) is 5.95 Å². The standard InChI is InChI=1S/C14H17BrClN5/c1-8-4-5-21(7-12(8)17)14-18-13(19-20-14)9-2-3-10(15)11(16)6-9/h2-3,6,8,12H,4-5,7,17H2,1H3,(H,18,19,20). The number of hydrogen-bond donors (Lipinski definition) is 2. The Bertz CT molecular complexity index is 644. The summed E-state index contributed by atoms with van der Waals surface area (Å²) in [6, 6.07) is 5.88. The highest BCUT2D eigenvalue weighted by Crippen LogP contribution is 2.28. The van der Waals surface area contributed by atoms with Gasteiger partial charge in [0.25, 0.3) is 0 Å². The van der Waals surface area contributed by atoms with Gasteiger partial charge >= 0.3 is 0 Å².